The van der Waals surface area contributed by atoms with E-state index in [0.29, 0.717) is 0 Å². The lowest BCUT2D eigenvalue weighted by Crippen LogP contribution is -2.45. The third-order valence-electron chi connectivity index (χ3n) is 2.93. The highest BCUT2D eigenvalue weighted by molar-refractivity contribution is 5.75. The van der Waals surface area contributed by atoms with Crippen molar-refractivity contribution >= 4 is 5.97 Å². The summed E-state index contributed by atoms with van der Waals surface area (Å²) in [4.78, 5) is 13.9. The zero-order valence-electron chi connectivity index (χ0n) is 11.8. The van der Waals surface area contributed by atoms with Gasteiger partial charge in [0, 0.05) is 6.54 Å². The molecule has 1 N–H and O–H groups in total. The minimum atomic E-state index is -0.214. The number of unbranched alkanes of at least 4 members (excludes halogenated alkanes) is 2. The lowest BCUT2D eigenvalue weighted by molar-refractivity contribution is -0.143. The minimum absolute atomic E-state index is 0.175. The van der Waals surface area contributed by atoms with Crippen molar-refractivity contribution in [1.29, 1.82) is 0 Å². The van der Waals surface area contributed by atoms with Crippen LogP contribution in [0.5, 0.6) is 0 Å². The van der Waals surface area contributed by atoms with Gasteiger partial charge in [-0.05, 0) is 33.0 Å². The summed E-state index contributed by atoms with van der Waals surface area (Å²) >= 11 is 0. The van der Waals surface area contributed by atoms with E-state index in [1.54, 1.807) is 7.05 Å². The van der Waals surface area contributed by atoms with Gasteiger partial charge in [-0.3, -0.25) is 4.79 Å². The van der Waals surface area contributed by atoms with Crippen molar-refractivity contribution in [1.82, 2.24) is 10.2 Å². The molecule has 0 aliphatic rings. The van der Waals surface area contributed by atoms with Gasteiger partial charge in [0.1, 0.15) is 6.04 Å². The van der Waals surface area contributed by atoms with Crippen molar-refractivity contribution in [2.24, 2.45) is 0 Å². The van der Waals surface area contributed by atoms with Crippen molar-refractivity contribution in [3.8, 4) is 0 Å². The van der Waals surface area contributed by atoms with Crippen LogP contribution in [0.4, 0.5) is 0 Å². The van der Waals surface area contributed by atoms with Gasteiger partial charge >= 0.3 is 5.97 Å². The second-order valence-electron chi connectivity index (χ2n) is 4.37. The van der Waals surface area contributed by atoms with Gasteiger partial charge in [-0.25, -0.2) is 0 Å². The van der Waals surface area contributed by atoms with Gasteiger partial charge in [-0.1, -0.05) is 26.7 Å². The Labute approximate surface area is 106 Å². The van der Waals surface area contributed by atoms with Gasteiger partial charge in [0.2, 0.25) is 0 Å². The molecule has 4 nitrogen and oxygen atoms in total. The molecule has 0 saturated carbocycles. The number of hydrogen-bond acceptors (Lipinski definition) is 4. The first-order valence-corrected chi connectivity index (χ1v) is 6.66. The van der Waals surface area contributed by atoms with Crippen molar-refractivity contribution in [2.75, 3.05) is 33.8 Å². The molecule has 4 heteroatoms. The van der Waals surface area contributed by atoms with E-state index in [-0.39, 0.29) is 12.0 Å². The summed E-state index contributed by atoms with van der Waals surface area (Å²) < 4.78 is 4.78. The van der Waals surface area contributed by atoms with E-state index in [2.05, 4.69) is 24.1 Å². The number of rotatable bonds is 10. The Morgan fingerprint density at radius 1 is 1.24 bits per heavy atom. The fourth-order valence-electron chi connectivity index (χ4n) is 1.74. The van der Waals surface area contributed by atoms with Gasteiger partial charge < -0.3 is 15.0 Å². The number of ether oxygens (including phenoxy) is 1. The summed E-state index contributed by atoms with van der Waals surface area (Å²) in [5.41, 5.74) is 0. The molecule has 1 unspecified atom stereocenters. The molecule has 0 fully saturated rings. The number of nitrogens with one attached hydrogen (secondary N) is 1. The van der Waals surface area contributed by atoms with E-state index in [9.17, 15) is 4.79 Å². The normalized spacial score (nSPS) is 12.8. The molecule has 0 saturated heterocycles. The first-order chi connectivity index (χ1) is 8.19. The molecule has 102 valence electrons. The summed E-state index contributed by atoms with van der Waals surface area (Å²) in [6.45, 7) is 7.24. The van der Waals surface area contributed by atoms with E-state index in [4.69, 9.17) is 4.74 Å². The fourth-order valence-corrected chi connectivity index (χ4v) is 1.74. The zero-order valence-corrected chi connectivity index (χ0v) is 11.8. The minimum Gasteiger partial charge on any atom is -0.468 e. The molecule has 0 spiro atoms. The molecule has 0 aromatic carbocycles. The number of methoxy groups -OCH3 is 1. The van der Waals surface area contributed by atoms with Crippen LogP contribution in [0.15, 0.2) is 0 Å². The van der Waals surface area contributed by atoms with E-state index < -0.39 is 0 Å². The van der Waals surface area contributed by atoms with Crippen LogP contribution >= 0.6 is 0 Å². The third kappa shape index (κ3) is 7.34. The van der Waals surface area contributed by atoms with Crippen LogP contribution in [-0.4, -0.2) is 50.7 Å². The van der Waals surface area contributed by atoms with Crippen LogP contribution in [0.25, 0.3) is 0 Å². The van der Waals surface area contributed by atoms with Crippen LogP contribution in [0.2, 0.25) is 0 Å². The second kappa shape index (κ2) is 10.5. The number of nitrogens with zero attached hydrogens (tertiary/aromatic N) is 1. The predicted octanol–water partition coefficient (Wildman–Crippen LogP) is 1.65. The highest BCUT2D eigenvalue weighted by Gasteiger charge is 2.19. The molecule has 0 rings (SSSR count). The molecule has 0 aromatic heterocycles. The lowest BCUT2D eigenvalue weighted by atomic mass is 10.2. The summed E-state index contributed by atoms with van der Waals surface area (Å²) in [5, 5.41) is 3.02. The molecule has 1 atom stereocenters. The SMILES string of the molecule is CCCCN(CCCC)CC(NC)C(=O)OC. The highest BCUT2D eigenvalue weighted by Crippen LogP contribution is 2.01. The maximum atomic E-state index is 11.5. The van der Waals surface area contributed by atoms with Gasteiger partial charge in [0.15, 0.2) is 0 Å². The van der Waals surface area contributed by atoms with Crippen molar-refractivity contribution in [2.45, 2.75) is 45.6 Å². The van der Waals surface area contributed by atoms with Crippen LogP contribution in [0.1, 0.15) is 39.5 Å². The van der Waals surface area contributed by atoms with Gasteiger partial charge in [-0.15, -0.1) is 0 Å². The Morgan fingerprint density at radius 3 is 2.12 bits per heavy atom. The Hall–Kier alpha value is -0.610. The number of esters is 1. The largest absolute Gasteiger partial charge is 0.468 e. The number of hydrogen-bond donors (Lipinski definition) is 1. The zero-order chi connectivity index (χ0) is 13.1. The maximum absolute atomic E-state index is 11.5. The summed E-state index contributed by atoms with van der Waals surface area (Å²) in [7, 11) is 3.24. The molecule has 0 radical (unpaired) electrons. The van der Waals surface area contributed by atoms with E-state index in [1.165, 1.54) is 32.8 Å². The summed E-state index contributed by atoms with van der Waals surface area (Å²) in [6.07, 6.45) is 4.73. The van der Waals surface area contributed by atoms with Crippen LogP contribution in [0.3, 0.4) is 0 Å². The smallest absolute Gasteiger partial charge is 0.324 e. The quantitative estimate of drug-likeness (QED) is 0.593. The molecule has 0 bridgehead atoms. The lowest BCUT2D eigenvalue weighted by Gasteiger charge is -2.25. The van der Waals surface area contributed by atoms with E-state index in [0.717, 1.165) is 19.6 Å². The van der Waals surface area contributed by atoms with Crippen molar-refractivity contribution < 1.29 is 9.53 Å². The fraction of sp³-hybridized carbons (Fsp3) is 0.923. The third-order valence-corrected chi connectivity index (χ3v) is 2.93. The topological polar surface area (TPSA) is 41.6 Å². The number of likely N-dealkylation sites (N-methyl/N-ethyl adjacent to an activating group) is 1. The summed E-state index contributed by atoms with van der Waals surface area (Å²) in [5.74, 6) is -0.175. The number of carbonyl (C=O) groups is 1. The Balaban J connectivity index is 4.20. The van der Waals surface area contributed by atoms with E-state index >= 15 is 0 Å². The van der Waals surface area contributed by atoms with Gasteiger partial charge in [-0.2, -0.15) is 0 Å². The molecule has 17 heavy (non-hydrogen) atoms. The highest BCUT2D eigenvalue weighted by atomic mass is 16.5. The van der Waals surface area contributed by atoms with Crippen molar-refractivity contribution in [3.63, 3.8) is 0 Å². The Bertz CT molecular complexity index is 190. The molecule has 0 aliphatic heterocycles. The van der Waals surface area contributed by atoms with Crippen molar-refractivity contribution in [3.05, 3.63) is 0 Å². The van der Waals surface area contributed by atoms with Gasteiger partial charge in [0.25, 0.3) is 0 Å². The monoisotopic (exact) mass is 244 g/mol. The predicted molar refractivity (Wildman–Crippen MR) is 71.1 cm³/mol. The molecule has 0 aliphatic carbocycles. The van der Waals surface area contributed by atoms with Gasteiger partial charge in [0.05, 0.1) is 7.11 Å². The molecule has 0 heterocycles. The first kappa shape index (κ1) is 16.4. The number of carbonyl (C=O) groups excluding carboxylic acids is 1. The van der Waals surface area contributed by atoms with Crippen LogP contribution in [0, 0.1) is 0 Å². The second-order valence-corrected chi connectivity index (χ2v) is 4.37. The van der Waals surface area contributed by atoms with Crippen LogP contribution in [-0.2, 0) is 9.53 Å². The first-order valence-electron chi connectivity index (χ1n) is 6.66. The molecular weight excluding hydrogens is 216 g/mol. The average Bonchev–Trinajstić information content (AvgIpc) is 2.37. The Kier molecular flexibility index (Phi) is 10.2. The maximum Gasteiger partial charge on any atom is 0.324 e. The average molecular weight is 244 g/mol. The van der Waals surface area contributed by atoms with Crippen LogP contribution < -0.4 is 5.32 Å². The Morgan fingerprint density at radius 2 is 1.76 bits per heavy atom. The summed E-state index contributed by atoms with van der Waals surface area (Å²) in [6, 6.07) is -0.214. The van der Waals surface area contributed by atoms with E-state index in [1.807, 2.05) is 0 Å². The standard InChI is InChI=1S/C13H28N2O2/c1-5-7-9-15(10-8-6-2)11-12(14-3)13(16)17-4/h12,14H,5-11H2,1-4H3. The molecule has 0 amide bonds. The molecule has 0 aromatic rings. The molecular formula is C13H28N2O2.